The fraction of sp³-hybridized carbons (Fsp3) is 0.238. The van der Waals surface area contributed by atoms with Crippen LogP contribution in [0.2, 0.25) is 0 Å². The molecule has 1 unspecified atom stereocenters. The molecule has 1 atom stereocenters. The van der Waals surface area contributed by atoms with Crippen molar-refractivity contribution in [2.24, 2.45) is 5.41 Å². The molecule has 0 aliphatic rings. The summed E-state index contributed by atoms with van der Waals surface area (Å²) in [6.07, 6.45) is 2.57. The van der Waals surface area contributed by atoms with Gasteiger partial charge in [-0.3, -0.25) is 19.4 Å². The van der Waals surface area contributed by atoms with Crippen molar-refractivity contribution in [2.75, 3.05) is 10.6 Å². The van der Waals surface area contributed by atoms with E-state index in [4.69, 9.17) is 0 Å². The van der Waals surface area contributed by atoms with Gasteiger partial charge < -0.3 is 16.0 Å². The lowest BCUT2D eigenvalue weighted by atomic mass is 9.91. The summed E-state index contributed by atoms with van der Waals surface area (Å²) < 4.78 is 0.788. The number of amides is 1. The highest BCUT2D eigenvalue weighted by Gasteiger charge is 2.31. The number of carbonyl (C=O) groups excluding carboxylic acids is 1. The number of benzene rings is 1. The van der Waals surface area contributed by atoms with Crippen LogP contribution in [0.1, 0.15) is 31.1 Å². The average molecular weight is 457 g/mol. The lowest BCUT2D eigenvalue weighted by Gasteiger charge is -2.33. The van der Waals surface area contributed by atoms with Crippen LogP contribution in [0, 0.1) is 5.41 Å². The number of nitrogens with one attached hydrogen (secondary N) is 3. The maximum Gasteiger partial charge on any atom is 0.253 e. The highest BCUT2D eigenvalue weighted by atomic mass is 79.9. The Morgan fingerprint density at radius 3 is 2.41 bits per heavy atom. The molecule has 8 heteroatoms. The molecule has 3 aromatic rings. The Morgan fingerprint density at radius 1 is 1.07 bits per heavy atom. The molecule has 0 saturated heterocycles. The summed E-state index contributed by atoms with van der Waals surface area (Å²) >= 11 is 3.35. The first-order valence-electron chi connectivity index (χ1n) is 9.00. The SMILES string of the molecule is CC(C)(C)C(NC(=O)c1cccc(Br)c1)Nc1c(Nc2cccnc2)c(=O)c1=O. The summed E-state index contributed by atoms with van der Waals surface area (Å²) in [7, 11) is 0. The third-order valence-electron chi connectivity index (χ3n) is 4.36. The van der Waals surface area contributed by atoms with Gasteiger partial charge in [0.15, 0.2) is 0 Å². The fourth-order valence-electron chi connectivity index (χ4n) is 2.69. The van der Waals surface area contributed by atoms with Gasteiger partial charge in [-0.2, -0.15) is 0 Å². The molecule has 150 valence electrons. The number of carbonyl (C=O) groups is 1. The molecule has 7 nitrogen and oxygen atoms in total. The lowest BCUT2D eigenvalue weighted by Crippen LogP contribution is -2.51. The van der Waals surface area contributed by atoms with E-state index in [-0.39, 0.29) is 17.3 Å². The number of halogens is 1. The van der Waals surface area contributed by atoms with Crippen molar-refractivity contribution in [1.29, 1.82) is 0 Å². The molecular formula is C21H21BrN4O3. The van der Waals surface area contributed by atoms with Crippen molar-refractivity contribution < 1.29 is 4.79 Å². The fourth-order valence-corrected chi connectivity index (χ4v) is 3.09. The van der Waals surface area contributed by atoms with E-state index in [0.717, 1.165) is 4.47 Å². The molecule has 29 heavy (non-hydrogen) atoms. The van der Waals surface area contributed by atoms with Crippen molar-refractivity contribution in [3.8, 4) is 0 Å². The van der Waals surface area contributed by atoms with Crippen molar-refractivity contribution in [2.45, 2.75) is 26.9 Å². The molecule has 1 heterocycles. The third-order valence-corrected chi connectivity index (χ3v) is 4.85. The normalized spacial score (nSPS) is 12.4. The number of rotatable bonds is 6. The Labute approximate surface area is 176 Å². The Morgan fingerprint density at radius 2 is 1.79 bits per heavy atom. The molecule has 2 aromatic carbocycles. The van der Waals surface area contributed by atoms with Gasteiger partial charge in [-0.05, 0) is 30.3 Å². The number of aromatic nitrogens is 1. The Kier molecular flexibility index (Phi) is 5.83. The first kappa shape index (κ1) is 20.7. The van der Waals surface area contributed by atoms with E-state index in [2.05, 4.69) is 36.9 Å². The second-order valence-corrected chi connectivity index (χ2v) is 8.62. The quantitative estimate of drug-likeness (QED) is 0.388. The van der Waals surface area contributed by atoms with Gasteiger partial charge >= 0.3 is 0 Å². The molecule has 0 spiro atoms. The van der Waals surface area contributed by atoms with Crippen molar-refractivity contribution >= 4 is 38.9 Å². The predicted molar refractivity (Wildman–Crippen MR) is 117 cm³/mol. The summed E-state index contributed by atoms with van der Waals surface area (Å²) in [6, 6.07) is 10.5. The van der Waals surface area contributed by atoms with Gasteiger partial charge in [0, 0.05) is 21.6 Å². The molecule has 0 radical (unpaired) electrons. The van der Waals surface area contributed by atoms with Gasteiger partial charge in [-0.1, -0.05) is 42.8 Å². The first-order valence-corrected chi connectivity index (χ1v) is 9.79. The number of nitrogens with zero attached hydrogens (tertiary/aromatic N) is 1. The number of hydrogen-bond acceptors (Lipinski definition) is 6. The van der Waals surface area contributed by atoms with E-state index >= 15 is 0 Å². The molecule has 0 bridgehead atoms. The van der Waals surface area contributed by atoms with E-state index < -0.39 is 22.4 Å². The van der Waals surface area contributed by atoms with Gasteiger partial charge in [-0.15, -0.1) is 0 Å². The Balaban J connectivity index is 1.83. The Bertz CT molecular complexity index is 1100. The summed E-state index contributed by atoms with van der Waals surface area (Å²) in [5.74, 6) is -0.292. The van der Waals surface area contributed by atoms with E-state index in [9.17, 15) is 14.4 Å². The smallest absolute Gasteiger partial charge is 0.253 e. The van der Waals surface area contributed by atoms with Crippen LogP contribution in [0.15, 0.2) is 62.9 Å². The first-order chi connectivity index (χ1) is 13.7. The molecular weight excluding hydrogens is 436 g/mol. The van der Waals surface area contributed by atoms with Crippen LogP contribution in [-0.4, -0.2) is 17.1 Å². The molecule has 0 saturated carbocycles. The van der Waals surface area contributed by atoms with Gasteiger partial charge in [0.2, 0.25) is 0 Å². The van der Waals surface area contributed by atoms with Crippen molar-refractivity contribution in [3.05, 3.63) is 79.3 Å². The van der Waals surface area contributed by atoms with Crippen LogP contribution in [0.25, 0.3) is 0 Å². The zero-order valence-corrected chi connectivity index (χ0v) is 17.8. The Hall–Kier alpha value is -3.00. The minimum Gasteiger partial charge on any atom is -0.360 e. The predicted octanol–water partition coefficient (Wildman–Crippen LogP) is 3.40. The molecule has 0 fully saturated rings. The molecule has 3 N–H and O–H groups in total. The van der Waals surface area contributed by atoms with E-state index in [0.29, 0.717) is 11.3 Å². The van der Waals surface area contributed by atoms with Gasteiger partial charge in [-0.25, -0.2) is 0 Å². The molecule has 0 aliphatic carbocycles. The number of hydrogen-bond donors (Lipinski definition) is 3. The average Bonchev–Trinajstić information content (AvgIpc) is 2.69. The monoisotopic (exact) mass is 456 g/mol. The molecule has 1 amide bonds. The second-order valence-electron chi connectivity index (χ2n) is 7.70. The maximum absolute atomic E-state index is 12.7. The van der Waals surface area contributed by atoms with E-state index in [1.807, 2.05) is 26.8 Å². The van der Waals surface area contributed by atoms with Crippen LogP contribution in [0.3, 0.4) is 0 Å². The molecule has 1 aromatic heterocycles. The molecule has 0 aliphatic heterocycles. The summed E-state index contributed by atoms with van der Waals surface area (Å²) in [5.41, 5.74) is -0.290. The van der Waals surface area contributed by atoms with E-state index in [1.165, 1.54) is 0 Å². The van der Waals surface area contributed by atoms with Crippen molar-refractivity contribution in [3.63, 3.8) is 0 Å². The van der Waals surface area contributed by atoms with Crippen LogP contribution in [0.5, 0.6) is 0 Å². The zero-order valence-electron chi connectivity index (χ0n) is 16.2. The van der Waals surface area contributed by atoms with Gasteiger partial charge in [0.25, 0.3) is 16.8 Å². The molecule has 3 rings (SSSR count). The minimum absolute atomic E-state index is 0.147. The lowest BCUT2D eigenvalue weighted by molar-refractivity contribution is 0.0913. The van der Waals surface area contributed by atoms with E-state index in [1.54, 1.807) is 42.7 Å². The second kappa shape index (κ2) is 8.16. The summed E-state index contributed by atoms with van der Waals surface area (Å²) in [5, 5.41) is 8.88. The largest absolute Gasteiger partial charge is 0.360 e. The minimum atomic E-state index is -0.623. The number of pyridine rings is 1. The van der Waals surface area contributed by atoms with Gasteiger partial charge in [0.1, 0.15) is 17.5 Å². The highest BCUT2D eigenvalue weighted by Crippen LogP contribution is 2.26. The van der Waals surface area contributed by atoms with Crippen LogP contribution in [0.4, 0.5) is 17.1 Å². The standard InChI is InChI=1S/C21H21BrN4O3/c1-21(2,3)20(26-19(29)12-6-4-7-13(22)10-12)25-16-15(17(27)18(16)28)24-14-8-5-9-23-11-14/h4-11,20,24-25H,1-3H3,(H,26,29). The third kappa shape index (κ3) is 4.71. The topological polar surface area (TPSA) is 100 Å². The van der Waals surface area contributed by atoms with Crippen molar-refractivity contribution in [1.82, 2.24) is 10.3 Å². The summed E-state index contributed by atoms with van der Waals surface area (Å²) in [6.45, 7) is 5.77. The van der Waals surface area contributed by atoms with Gasteiger partial charge in [0.05, 0.1) is 11.9 Å². The summed E-state index contributed by atoms with van der Waals surface area (Å²) in [4.78, 5) is 40.9. The highest BCUT2D eigenvalue weighted by molar-refractivity contribution is 9.10. The van der Waals surface area contributed by atoms with Crippen LogP contribution < -0.4 is 26.8 Å². The maximum atomic E-state index is 12.7. The number of anilines is 3. The zero-order chi connectivity index (χ0) is 21.2. The van der Waals surface area contributed by atoms with Crippen LogP contribution >= 0.6 is 15.9 Å². The van der Waals surface area contributed by atoms with Crippen LogP contribution in [-0.2, 0) is 0 Å².